The highest BCUT2D eigenvalue weighted by Gasteiger charge is 2.49. The summed E-state index contributed by atoms with van der Waals surface area (Å²) in [6.45, 7) is 4.03. The van der Waals surface area contributed by atoms with E-state index in [9.17, 15) is 5.11 Å². The van der Waals surface area contributed by atoms with Crippen LogP contribution in [-0.2, 0) is 0 Å². The molecule has 3 nitrogen and oxygen atoms in total. The third-order valence-electron chi connectivity index (χ3n) is 4.88. The normalized spacial score (nSPS) is 46.2. The van der Waals surface area contributed by atoms with E-state index in [4.69, 9.17) is 0 Å². The van der Waals surface area contributed by atoms with Crippen molar-refractivity contribution in [1.29, 1.82) is 0 Å². The lowest BCUT2D eigenvalue weighted by Gasteiger charge is -2.36. The summed E-state index contributed by atoms with van der Waals surface area (Å²) in [5.74, 6) is 0. The summed E-state index contributed by atoms with van der Waals surface area (Å²) in [4.78, 5) is 2.65. The molecule has 0 aromatic carbocycles. The molecule has 3 heteroatoms. The summed E-state index contributed by atoms with van der Waals surface area (Å²) >= 11 is 0. The monoisotopic (exact) mass is 210 g/mol. The predicted molar refractivity (Wildman–Crippen MR) is 59.8 cm³/mol. The van der Waals surface area contributed by atoms with E-state index in [1.54, 1.807) is 0 Å². The lowest BCUT2D eigenvalue weighted by atomic mass is 9.75. The van der Waals surface area contributed by atoms with Crippen molar-refractivity contribution in [3.63, 3.8) is 0 Å². The van der Waals surface area contributed by atoms with Gasteiger partial charge in [0.05, 0.1) is 6.61 Å². The summed E-state index contributed by atoms with van der Waals surface area (Å²) in [6, 6.07) is 1.27. The van der Waals surface area contributed by atoms with Gasteiger partial charge >= 0.3 is 0 Å². The summed E-state index contributed by atoms with van der Waals surface area (Å²) in [7, 11) is 0. The van der Waals surface area contributed by atoms with Crippen LogP contribution in [0.3, 0.4) is 0 Å². The second-order valence-corrected chi connectivity index (χ2v) is 5.55. The summed E-state index contributed by atoms with van der Waals surface area (Å²) in [6.07, 6.45) is 6.35. The highest BCUT2D eigenvalue weighted by Crippen LogP contribution is 2.43. The zero-order valence-corrected chi connectivity index (χ0v) is 9.41. The van der Waals surface area contributed by atoms with Gasteiger partial charge in [0.2, 0.25) is 0 Å². The molecule has 0 aromatic heterocycles. The largest absolute Gasteiger partial charge is 0.396 e. The first-order chi connectivity index (χ1) is 7.36. The molecule has 3 aliphatic rings. The fraction of sp³-hybridized carbons (Fsp3) is 1.00. The number of rotatable bonds is 1. The van der Waals surface area contributed by atoms with Gasteiger partial charge in [0.1, 0.15) is 0 Å². The molecular weight excluding hydrogens is 188 g/mol. The molecule has 86 valence electrons. The number of fused-ring (bicyclic) bond motifs is 3. The maximum absolute atomic E-state index is 9.74. The van der Waals surface area contributed by atoms with Gasteiger partial charge in [-0.25, -0.2) is 0 Å². The first kappa shape index (κ1) is 10.1. The Kier molecular flexibility index (Phi) is 2.49. The predicted octanol–water partition coefficient (Wildman–Crippen LogP) is 0.585. The van der Waals surface area contributed by atoms with Crippen LogP contribution in [0.1, 0.15) is 32.1 Å². The van der Waals surface area contributed by atoms with Crippen LogP contribution < -0.4 is 5.32 Å². The molecular formula is C12H22N2O. The SMILES string of the molecule is OCC12CCCN3CCCC3C1NCC2. The molecule has 0 aliphatic carbocycles. The lowest BCUT2D eigenvalue weighted by molar-refractivity contribution is 0.0839. The molecule has 3 unspecified atom stereocenters. The Morgan fingerprint density at radius 2 is 2.13 bits per heavy atom. The molecule has 0 aromatic rings. The Labute approximate surface area is 91.8 Å². The quantitative estimate of drug-likeness (QED) is 0.665. The van der Waals surface area contributed by atoms with Crippen molar-refractivity contribution in [3.05, 3.63) is 0 Å². The van der Waals surface area contributed by atoms with E-state index in [1.165, 1.54) is 45.2 Å². The molecule has 3 aliphatic heterocycles. The van der Waals surface area contributed by atoms with E-state index in [2.05, 4.69) is 10.2 Å². The van der Waals surface area contributed by atoms with Crippen LogP contribution in [0.4, 0.5) is 0 Å². The van der Waals surface area contributed by atoms with E-state index in [0.29, 0.717) is 18.7 Å². The molecule has 2 N–H and O–H groups in total. The Hall–Kier alpha value is -0.120. The Morgan fingerprint density at radius 3 is 3.00 bits per heavy atom. The van der Waals surface area contributed by atoms with Crippen molar-refractivity contribution in [2.24, 2.45) is 5.41 Å². The van der Waals surface area contributed by atoms with E-state index >= 15 is 0 Å². The minimum atomic E-state index is 0.212. The topological polar surface area (TPSA) is 35.5 Å². The number of nitrogens with one attached hydrogen (secondary N) is 1. The van der Waals surface area contributed by atoms with Crippen LogP contribution in [0, 0.1) is 5.41 Å². The number of hydrogen-bond donors (Lipinski definition) is 2. The molecule has 15 heavy (non-hydrogen) atoms. The Balaban J connectivity index is 1.89. The summed E-state index contributed by atoms with van der Waals surface area (Å²) in [5, 5.41) is 13.4. The van der Waals surface area contributed by atoms with Crippen molar-refractivity contribution in [1.82, 2.24) is 10.2 Å². The molecule has 0 bridgehead atoms. The van der Waals surface area contributed by atoms with E-state index in [1.807, 2.05) is 0 Å². The van der Waals surface area contributed by atoms with Gasteiger partial charge in [-0.05, 0) is 51.7 Å². The van der Waals surface area contributed by atoms with Gasteiger partial charge in [-0.2, -0.15) is 0 Å². The highest BCUT2D eigenvalue weighted by molar-refractivity contribution is 5.06. The molecule has 3 saturated heterocycles. The molecule has 0 spiro atoms. The smallest absolute Gasteiger partial charge is 0.0503 e. The molecule has 0 amide bonds. The molecule has 0 radical (unpaired) electrons. The minimum absolute atomic E-state index is 0.212. The fourth-order valence-corrected chi connectivity index (χ4v) is 4.07. The van der Waals surface area contributed by atoms with Gasteiger partial charge < -0.3 is 10.4 Å². The Bertz CT molecular complexity index is 246. The van der Waals surface area contributed by atoms with Crippen molar-refractivity contribution >= 4 is 0 Å². The van der Waals surface area contributed by atoms with Crippen LogP contribution in [0.2, 0.25) is 0 Å². The molecule has 3 rings (SSSR count). The van der Waals surface area contributed by atoms with E-state index < -0.39 is 0 Å². The zero-order chi connectivity index (χ0) is 10.3. The average Bonchev–Trinajstić information content (AvgIpc) is 2.83. The summed E-state index contributed by atoms with van der Waals surface area (Å²) in [5.41, 5.74) is 0.212. The maximum Gasteiger partial charge on any atom is 0.0503 e. The molecule has 3 heterocycles. The van der Waals surface area contributed by atoms with Crippen LogP contribution in [0.5, 0.6) is 0 Å². The number of hydrogen-bond acceptors (Lipinski definition) is 3. The first-order valence-corrected chi connectivity index (χ1v) is 6.44. The number of aliphatic hydroxyl groups excluding tert-OH is 1. The number of nitrogens with zero attached hydrogens (tertiary/aromatic N) is 1. The lowest BCUT2D eigenvalue weighted by Crippen LogP contribution is -2.50. The van der Waals surface area contributed by atoms with Gasteiger partial charge in [0.15, 0.2) is 0 Å². The average molecular weight is 210 g/mol. The first-order valence-electron chi connectivity index (χ1n) is 6.44. The van der Waals surface area contributed by atoms with Crippen molar-refractivity contribution in [2.75, 3.05) is 26.2 Å². The molecule has 0 saturated carbocycles. The maximum atomic E-state index is 9.74. The molecule has 3 atom stereocenters. The van der Waals surface area contributed by atoms with E-state index in [0.717, 1.165) is 6.54 Å². The van der Waals surface area contributed by atoms with Crippen molar-refractivity contribution < 1.29 is 5.11 Å². The van der Waals surface area contributed by atoms with Crippen molar-refractivity contribution in [3.8, 4) is 0 Å². The second kappa shape index (κ2) is 3.72. The number of aliphatic hydroxyl groups is 1. The van der Waals surface area contributed by atoms with Gasteiger partial charge in [0.25, 0.3) is 0 Å². The highest BCUT2D eigenvalue weighted by atomic mass is 16.3. The molecule has 3 fully saturated rings. The second-order valence-electron chi connectivity index (χ2n) is 5.55. The summed E-state index contributed by atoms with van der Waals surface area (Å²) < 4.78 is 0. The van der Waals surface area contributed by atoms with Crippen LogP contribution in [0.15, 0.2) is 0 Å². The van der Waals surface area contributed by atoms with Gasteiger partial charge in [-0.1, -0.05) is 0 Å². The Morgan fingerprint density at radius 1 is 1.27 bits per heavy atom. The standard InChI is InChI=1S/C12H22N2O/c15-9-12-4-2-8-14-7-1-3-10(14)11(12)13-6-5-12/h10-11,13,15H,1-9H2. The fourth-order valence-electron chi connectivity index (χ4n) is 4.07. The van der Waals surface area contributed by atoms with Crippen LogP contribution in [-0.4, -0.2) is 48.3 Å². The third kappa shape index (κ3) is 1.44. The van der Waals surface area contributed by atoms with Gasteiger partial charge in [-0.15, -0.1) is 0 Å². The zero-order valence-electron chi connectivity index (χ0n) is 9.41. The third-order valence-corrected chi connectivity index (χ3v) is 4.88. The van der Waals surface area contributed by atoms with Crippen LogP contribution in [0.25, 0.3) is 0 Å². The van der Waals surface area contributed by atoms with Crippen molar-refractivity contribution in [2.45, 2.75) is 44.2 Å². The van der Waals surface area contributed by atoms with Crippen LogP contribution >= 0.6 is 0 Å². The van der Waals surface area contributed by atoms with Gasteiger partial charge in [0, 0.05) is 17.5 Å². The van der Waals surface area contributed by atoms with E-state index in [-0.39, 0.29) is 5.41 Å². The minimum Gasteiger partial charge on any atom is -0.396 e. The van der Waals surface area contributed by atoms with Gasteiger partial charge in [-0.3, -0.25) is 4.90 Å².